The minimum absolute atomic E-state index is 0.376. The first-order valence-electron chi connectivity index (χ1n) is 6.53. The lowest BCUT2D eigenvalue weighted by Gasteiger charge is -2.16. The third kappa shape index (κ3) is 3.30. The Morgan fingerprint density at radius 1 is 1.59 bits per heavy atom. The molecule has 0 radical (unpaired) electrons. The van der Waals surface area contributed by atoms with Crippen molar-refractivity contribution in [3.8, 4) is 0 Å². The summed E-state index contributed by atoms with van der Waals surface area (Å²) in [5.74, 6) is 1.08. The molecule has 0 saturated carbocycles. The zero-order chi connectivity index (χ0) is 12.3. The Hall–Kier alpha value is -0.870. The standard InChI is InChI=1S/C13H23N3O/c1-10(2)14-7-12-8-15-11(3)16(12)9-13-5-4-6-17-13/h8,10,13-14H,4-7,9H2,1-3H3. The lowest BCUT2D eigenvalue weighted by molar-refractivity contribution is 0.0957. The summed E-state index contributed by atoms with van der Waals surface area (Å²) in [6, 6.07) is 0.501. The molecule has 1 aliphatic rings. The van der Waals surface area contributed by atoms with E-state index in [-0.39, 0.29) is 0 Å². The number of aryl methyl sites for hydroxylation is 1. The normalized spacial score (nSPS) is 20.4. The zero-order valence-corrected chi connectivity index (χ0v) is 11.1. The van der Waals surface area contributed by atoms with Crippen molar-refractivity contribution < 1.29 is 4.74 Å². The van der Waals surface area contributed by atoms with E-state index in [1.54, 1.807) is 0 Å². The summed E-state index contributed by atoms with van der Waals surface area (Å²) in [6.07, 6.45) is 4.72. The zero-order valence-electron chi connectivity index (χ0n) is 11.1. The Labute approximate surface area is 103 Å². The van der Waals surface area contributed by atoms with Crippen molar-refractivity contribution in [3.63, 3.8) is 0 Å². The van der Waals surface area contributed by atoms with Gasteiger partial charge in [-0.15, -0.1) is 0 Å². The second-order valence-electron chi connectivity index (χ2n) is 5.08. The largest absolute Gasteiger partial charge is 0.376 e. The first kappa shape index (κ1) is 12.6. The molecule has 4 nitrogen and oxygen atoms in total. The Morgan fingerprint density at radius 3 is 3.06 bits per heavy atom. The molecule has 17 heavy (non-hydrogen) atoms. The van der Waals surface area contributed by atoms with Crippen LogP contribution in [0.2, 0.25) is 0 Å². The van der Waals surface area contributed by atoms with E-state index in [1.807, 2.05) is 6.20 Å². The molecule has 2 heterocycles. The van der Waals surface area contributed by atoms with Crippen molar-refractivity contribution >= 4 is 0 Å². The molecule has 1 unspecified atom stereocenters. The monoisotopic (exact) mass is 237 g/mol. The predicted octanol–water partition coefficient (Wildman–Crippen LogP) is 1.87. The molecule has 1 saturated heterocycles. The molecule has 1 aliphatic heterocycles. The average molecular weight is 237 g/mol. The molecular weight excluding hydrogens is 214 g/mol. The van der Waals surface area contributed by atoms with E-state index < -0.39 is 0 Å². The molecule has 0 bridgehead atoms. The fourth-order valence-corrected chi connectivity index (χ4v) is 2.21. The van der Waals surface area contributed by atoms with E-state index in [0.29, 0.717) is 12.1 Å². The van der Waals surface area contributed by atoms with Crippen LogP contribution in [0.15, 0.2) is 6.20 Å². The van der Waals surface area contributed by atoms with Crippen molar-refractivity contribution in [1.82, 2.24) is 14.9 Å². The van der Waals surface area contributed by atoms with E-state index >= 15 is 0 Å². The number of hydrogen-bond acceptors (Lipinski definition) is 3. The molecule has 4 heteroatoms. The fourth-order valence-electron chi connectivity index (χ4n) is 2.21. The second-order valence-corrected chi connectivity index (χ2v) is 5.08. The van der Waals surface area contributed by atoms with Crippen molar-refractivity contribution in [2.45, 2.75) is 58.8 Å². The van der Waals surface area contributed by atoms with Gasteiger partial charge in [0.2, 0.25) is 0 Å². The maximum absolute atomic E-state index is 5.69. The maximum atomic E-state index is 5.69. The third-order valence-corrected chi connectivity index (χ3v) is 3.24. The number of ether oxygens (including phenoxy) is 1. The first-order chi connectivity index (χ1) is 8.16. The van der Waals surface area contributed by atoms with Crippen LogP contribution in [0.3, 0.4) is 0 Å². The van der Waals surface area contributed by atoms with Crippen LogP contribution in [-0.4, -0.2) is 28.3 Å². The van der Waals surface area contributed by atoms with Crippen LogP contribution in [0, 0.1) is 6.92 Å². The van der Waals surface area contributed by atoms with Gasteiger partial charge in [0.15, 0.2) is 0 Å². The topological polar surface area (TPSA) is 39.1 Å². The summed E-state index contributed by atoms with van der Waals surface area (Å²) in [7, 11) is 0. The highest BCUT2D eigenvalue weighted by atomic mass is 16.5. The van der Waals surface area contributed by atoms with Crippen LogP contribution >= 0.6 is 0 Å². The molecule has 1 fully saturated rings. The Kier molecular flexibility index (Phi) is 4.18. The molecule has 1 aromatic rings. The van der Waals surface area contributed by atoms with Gasteiger partial charge in [-0.3, -0.25) is 0 Å². The molecule has 1 N–H and O–H groups in total. The van der Waals surface area contributed by atoms with Gasteiger partial charge in [0, 0.05) is 25.4 Å². The predicted molar refractivity (Wildman–Crippen MR) is 67.9 cm³/mol. The minimum Gasteiger partial charge on any atom is -0.376 e. The van der Waals surface area contributed by atoms with Gasteiger partial charge >= 0.3 is 0 Å². The number of imidazole rings is 1. The van der Waals surface area contributed by atoms with Crippen LogP contribution < -0.4 is 5.32 Å². The summed E-state index contributed by atoms with van der Waals surface area (Å²) in [6.45, 7) is 9.12. The molecule has 96 valence electrons. The van der Waals surface area contributed by atoms with E-state index in [4.69, 9.17) is 4.74 Å². The number of rotatable bonds is 5. The first-order valence-corrected chi connectivity index (χ1v) is 6.53. The summed E-state index contributed by atoms with van der Waals surface area (Å²) >= 11 is 0. The van der Waals surface area contributed by atoms with Crippen LogP contribution in [-0.2, 0) is 17.8 Å². The number of hydrogen-bond donors (Lipinski definition) is 1. The van der Waals surface area contributed by atoms with E-state index in [1.165, 1.54) is 18.5 Å². The molecule has 0 aliphatic carbocycles. The average Bonchev–Trinajstić information content (AvgIpc) is 2.89. The summed E-state index contributed by atoms with van der Waals surface area (Å²) in [5.41, 5.74) is 1.26. The highest BCUT2D eigenvalue weighted by molar-refractivity contribution is 5.05. The van der Waals surface area contributed by atoms with Crippen molar-refractivity contribution in [2.75, 3.05) is 6.61 Å². The Balaban J connectivity index is 2.00. The van der Waals surface area contributed by atoms with Gasteiger partial charge in [-0.2, -0.15) is 0 Å². The molecule has 1 atom stereocenters. The SMILES string of the molecule is Cc1ncc(CNC(C)C)n1CC1CCCO1. The van der Waals surface area contributed by atoms with E-state index in [0.717, 1.165) is 25.5 Å². The van der Waals surface area contributed by atoms with Crippen LogP contribution in [0.1, 0.15) is 38.2 Å². The maximum Gasteiger partial charge on any atom is 0.105 e. The Morgan fingerprint density at radius 2 is 2.41 bits per heavy atom. The molecule has 2 rings (SSSR count). The number of nitrogens with one attached hydrogen (secondary N) is 1. The fraction of sp³-hybridized carbons (Fsp3) is 0.769. The minimum atomic E-state index is 0.376. The molecule has 0 amide bonds. The Bertz CT molecular complexity index is 354. The quantitative estimate of drug-likeness (QED) is 0.849. The molecule has 1 aromatic heterocycles. The molecule has 0 spiro atoms. The lowest BCUT2D eigenvalue weighted by atomic mass is 10.2. The van der Waals surface area contributed by atoms with Gasteiger partial charge in [0.1, 0.15) is 5.82 Å². The van der Waals surface area contributed by atoms with Gasteiger partial charge < -0.3 is 14.6 Å². The molecular formula is C13H23N3O. The van der Waals surface area contributed by atoms with E-state index in [2.05, 4.69) is 35.6 Å². The highest BCUT2D eigenvalue weighted by Gasteiger charge is 2.18. The number of aromatic nitrogens is 2. The summed E-state index contributed by atoms with van der Waals surface area (Å²) in [5, 5.41) is 3.44. The van der Waals surface area contributed by atoms with Gasteiger partial charge in [0.25, 0.3) is 0 Å². The van der Waals surface area contributed by atoms with Crippen molar-refractivity contribution in [3.05, 3.63) is 17.7 Å². The summed E-state index contributed by atoms with van der Waals surface area (Å²) < 4.78 is 7.98. The van der Waals surface area contributed by atoms with Gasteiger partial charge in [-0.25, -0.2) is 4.98 Å². The number of nitrogens with zero attached hydrogens (tertiary/aromatic N) is 2. The smallest absolute Gasteiger partial charge is 0.105 e. The van der Waals surface area contributed by atoms with Gasteiger partial charge in [-0.1, -0.05) is 13.8 Å². The highest BCUT2D eigenvalue weighted by Crippen LogP contribution is 2.16. The summed E-state index contributed by atoms with van der Waals surface area (Å²) in [4.78, 5) is 4.40. The molecule has 0 aromatic carbocycles. The van der Waals surface area contributed by atoms with Gasteiger partial charge in [-0.05, 0) is 19.8 Å². The van der Waals surface area contributed by atoms with Crippen LogP contribution in [0.5, 0.6) is 0 Å². The van der Waals surface area contributed by atoms with Crippen LogP contribution in [0.4, 0.5) is 0 Å². The lowest BCUT2D eigenvalue weighted by Crippen LogP contribution is -2.25. The van der Waals surface area contributed by atoms with Crippen molar-refractivity contribution in [2.24, 2.45) is 0 Å². The van der Waals surface area contributed by atoms with E-state index in [9.17, 15) is 0 Å². The van der Waals surface area contributed by atoms with Crippen LogP contribution in [0.25, 0.3) is 0 Å². The van der Waals surface area contributed by atoms with Crippen molar-refractivity contribution in [1.29, 1.82) is 0 Å². The van der Waals surface area contributed by atoms with Gasteiger partial charge in [0.05, 0.1) is 18.3 Å². The second kappa shape index (κ2) is 5.65. The third-order valence-electron chi connectivity index (χ3n) is 3.24.